The molecule has 39 heavy (non-hydrogen) atoms. The van der Waals surface area contributed by atoms with Gasteiger partial charge in [-0.25, -0.2) is 0 Å². The van der Waals surface area contributed by atoms with Crippen LogP contribution in [0.15, 0.2) is 72.3 Å². The lowest BCUT2D eigenvalue weighted by Crippen LogP contribution is -2.29. The van der Waals surface area contributed by atoms with Crippen LogP contribution in [0.1, 0.15) is 82.3 Å². The van der Waals surface area contributed by atoms with Gasteiger partial charge in [0.25, 0.3) is 11.7 Å². The van der Waals surface area contributed by atoms with Gasteiger partial charge in [0, 0.05) is 17.3 Å². The number of aryl methyl sites for hydroxylation is 1. The molecule has 0 saturated carbocycles. The van der Waals surface area contributed by atoms with Gasteiger partial charge in [0.2, 0.25) is 0 Å². The zero-order chi connectivity index (χ0) is 28.7. The van der Waals surface area contributed by atoms with Crippen LogP contribution >= 0.6 is 0 Å². The number of nitrogens with zero attached hydrogens (tertiary/aromatic N) is 1. The average molecular weight is 526 g/mol. The van der Waals surface area contributed by atoms with Gasteiger partial charge in [-0.1, -0.05) is 84.0 Å². The molecule has 1 heterocycles. The molecule has 1 aliphatic heterocycles. The Kier molecular flexibility index (Phi) is 7.48. The minimum absolute atomic E-state index is 0.0589. The van der Waals surface area contributed by atoms with Crippen molar-refractivity contribution < 1.29 is 19.4 Å². The molecule has 1 aliphatic rings. The highest BCUT2D eigenvalue weighted by molar-refractivity contribution is 6.51. The molecule has 3 aromatic rings. The fraction of sp³-hybridized carbons (Fsp3) is 0.353. The lowest BCUT2D eigenvalue weighted by atomic mass is 9.84. The van der Waals surface area contributed by atoms with Crippen molar-refractivity contribution in [2.45, 2.75) is 72.3 Å². The predicted molar refractivity (Wildman–Crippen MR) is 157 cm³/mol. The number of hydrogen-bond donors (Lipinski definition) is 1. The smallest absolute Gasteiger partial charge is 0.300 e. The largest absolute Gasteiger partial charge is 0.507 e. The van der Waals surface area contributed by atoms with E-state index >= 15 is 0 Å². The Hall–Kier alpha value is -3.86. The van der Waals surface area contributed by atoms with Crippen LogP contribution in [-0.4, -0.2) is 23.4 Å². The van der Waals surface area contributed by atoms with Crippen LogP contribution in [0.25, 0.3) is 5.76 Å². The molecule has 1 unspecified atom stereocenters. The monoisotopic (exact) mass is 525 g/mol. The number of ketones is 1. The summed E-state index contributed by atoms with van der Waals surface area (Å²) < 4.78 is 5.68. The average Bonchev–Trinajstić information content (AvgIpc) is 3.13. The fourth-order valence-corrected chi connectivity index (χ4v) is 4.96. The van der Waals surface area contributed by atoms with Gasteiger partial charge in [0.05, 0.1) is 18.2 Å². The number of carbonyl (C=O) groups is 2. The van der Waals surface area contributed by atoms with Crippen LogP contribution in [0.3, 0.4) is 0 Å². The van der Waals surface area contributed by atoms with Crippen molar-refractivity contribution in [3.05, 3.63) is 100 Å². The number of ether oxygens (including phenoxy) is 1. The molecule has 1 saturated heterocycles. The summed E-state index contributed by atoms with van der Waals surface area (Å²) >= 11 is 0. The van der Waals surface area contributed by atoms with Crippen LogP contribution in [0.2, 0.25) is 0 Å². The quantitative estimate of drug-likeness (QED) is 0.211. The normalized spacial score (nSPS) is 17.5. The first-order chi connectivity index (χ1) is 18.2. The van der Waals surface area contributed by atoms with E-state index in [1.165, 1.54) is 4.90 Å². The van der Waals surface area contributed by atoms with Gasteiger partial charge in [-0.2, -0.15) is 0 Å². The third kappa shape index (κ3) is 5.49. The van der Waals surface area contributed by atoms with E-state index in [9.17, 15) is 14.7 Å². The molecular weight excluding hydrogens is 486 g/mol. The summed E-state index contributed by atoms with van der Waals surface area (Å²) in [5.41, 5.74) is 4.69. The summed E-state index contributed by atoms with van der Waals surface area (Å²) in [5, 5.41) is 11.8. The summed E-state index contributed by atoms with van der Waals surface area (Å²) in [6, 6.07) is 20.2. The zero-order valence-corrected chi connectivity index (χ0v) is 24.3. The summed E-state index contributed by atoms with van der Waals surface area (Å²) in [7, 11) is 0. The van der Waals surface area contributed by atoms with Gasteiger partial charge in [-0.05, 0) is 65.1 Å². The Morgan fingerprint density at radius 3 is 2.08 bits per heavy atom. The number of amides is 1. The fourth-order valence-electron chi connectivity index (χ4n) is 4.96. The third-order valence-electron chi connectivity index (χ3n) is 7.30. The highest BCUT2D eigenvalue weighted by Crippen LogP contribution is 2.44. The maximum atomic E-state index is 13.7. The van der Waals surface area contributed by atoms with E-state index < -0.39 is 17.7 Å². The van der Waals surface area contributed by atoms with Gasteiger partial charge in [-0.3, -0.25) is 14.5 Å². The number of hydrogen-bond acceptors (Lipinski definition) is 4. The topological polar surface area (TPSA) is 66.8 Å². The number of benzene rings is 3. The third-order valence-corrected chi connectivity index (χ3v) is 7.30. The van der Waals surface area contributed by atoms with Gasteiger partial charge in [0.1, 0.15) is 11.5 Å². The summed E-state index contributed by atoms with van der Waals surface area (Å²) in [4.78, 5) is 28.8. The lowest BCUT2D eigenvalue weighted by Gasteiger charge is -2.27. The SMILES string of the molecule is CCOc1cccc(N2C(=O)C(=O)/C(=C(/O)c3cc(C(C)(C)C)ccc3C)C2c2ccc(C(C)(C)C)cc2)c1. The number of aliphatic hydroxyl groups excluding tert-OH is 1. The predicted octanol–water partition coefficient (Wildman–Crippen LogP) is 7.62. The molecule has 0 aliphatic carbocycles. The van der Waals surface area contributed by atoms with Crippen molar-refractivity contribution in [1.29, 1.82) is 0 Å². The van der Waals surface area contributed by atoms with E-state index in [0.29, 0.717) is 23.6 Å². The minimum Gasteiger partial charge on any atom is -0.507 e. The maximum Gasteiger partial charge on any atom is 0.300 e. The Balaban J connectivity index is 1.96. The van der Waals surface area contributed by atoms with Gasteiger partial charge < -0.3 is 9.84 Å². The van der Waals surface area contributed by atoms with Crippen molar-refractivity contribution in [3.63, 3.8) is 0 Å². The Morgan fingerprint density at radius 2 is 1.49 bits per heavy atom. The number of carbonyl (C=O) groups excluding carboxylic acids is 2. The number of aliphatic hydroxyl groups is 1. The van der Waals surface area contributed by atoms with E-state index in [-0.39, 0.29) is 22.2 Å². The van der Waals surface area contributed by atoms with Crippen molar-refractivity contribution in [1.82, 2.24) is 0 Å². The summed E-state index contributed by atoms with van der Waals surface area (Å²) in [6.45, 7) is 17.0. The van der Waals surface area contributed by atoms with Crippen LogP contribution in [0, 0.1) is 6.92 Å². The second kappa shape index (κ2) is 10.4. The first-order valence-electron chi connectivity index (χ1n) is 13.5. The molecule has 0 aromatic heterocycles. The van der Waals surface area contributed by atoms with Crippen molar-refractivity contribution in [3.8, 4) is 5.75 Å². The molecule has 1 N–H and O–H groups in total. The van der Waals surface area contributed by atoms with Crippen LogP contribution in [-0.2, 0) is 20.4 Å². The molecule has 1 fully saturated rings. The number of anilines is 1. The van der Waals surface area contributed by atoms with Crippen molar-refractivity contribution in [2.75, 3.05) is 11.5 Å². The van der Waals surface area contributed by atoms with Gasteiger partial charge in [-0.15, -0.1) is 0 Å². The standard InChI is InChI=1S/C34H39NO4/c1-9-39-26-12-10-11-25(20-26)35-29(22-14-17-23(18-15-22)33(3,4)5)28(31(37)32(35)38)30(36)27-19-24(34(6,7)8)16-13-21(27)2/h10-20,29,36H,9H2,1-8H3/b30-28+. The second-order valence-corrected chi connectivity index (χ2v) is 12.3. The van der Waals surface area contributed by atoms with Crippen LogP contribution in [0.5, 0.6) is 5.75 Å². The van der Waals surface area contributed by atoms with Gasteiger partial charge >= 0.3 is 0 Å². The van der Waals surface area contributed by atoms with E-state index in [2.05, 4.69) is 41.5 Å². The molecule has 1 amide bonds. The van der Waals surface area contributed by atoms with Crippen LogP contribution in [0.4, 0.5) is 5.69 Å². The molecule has 3 aromatic carbocycles. The molecule has 5 heteroatoms. The highest BCUT2D eigenvalue weighted by atomic mass is 16.5. The molecule has 1 atom stereocenters. The Labute approximate surface area is 232 Å². The Morgan fingerprint density at radius 1 is 0.872 bits per heavy atom. The first kappa shape index (κ1) is 28.2. The minimum atomic E-state index is -0.798. The maximum absolute atomic E-state index is 13.7. The molecule has 0 radical (unpaired) electrons. The molecule has 0 bridgehead atoms. The first-order valence-corrected chi connectivity index (χ1v) is 13.5. The number of Topliss-reactive ketones (excluding diaryl/α,β-unsaturated/α-hetero) is 1. The van der Waals surface area contributed by atoms with Gasteiger partial charge in [0.15, 0.2) is 0 Å². The summed E-state index contributed by atoms with van der Waals surface area (Å²) in [6.07, 6.45) is 0. The summed E-state index contributed by atoms with van der Waals surface area (Å²) in [5.74, 6) is -0.947. The van der Waals surface area contributed by atoms with E-state index in [0.717, 1.165) is 22.3 Å². The molecule has 5 nitrogen and oxygen atoms in total. The van der Waals surface area contributed by atoms with E-state index in [1.807, 2.05) is 62.4 Å². The highest BCUT2D eigenvalue weighted by Gasteiger charge is 2.47. The Bertz CT molecular complexity index is 1440. The van der Waals surface area contributed by atoms with Crippen molar-refractivity contribution in [2.24, 2.45) is 0 Å². The lowest BCUT2D eigenvalue weighted by molar-refractivity contribution is -0.132. The molecule has 204 valence electrons. The second-order valence-electron chi connectivity index (χ2n) is 12.3. The molecule has 0 spiro atoms. The van der Waals surface area contributed by atoms with E-state index in [1.54, 1.807) is 18.2 Å². The molecule has 4 rings (SSSR count). The van der Waals surface area contributed by atoms with Crippen molar-refractivity contribution >= 4 is 23.1 Å². The number of rotatable bonds is 5. The van der Waals surface area contributed by atoms with Crippen LogP contribution < -0.4 is 9.64 Å². The zero-order valence-electron chi connectivity index (χ0n) is 24.3. The van der Waals surface area contributed by atoms with E-state index in [4.69, 9.17) is 4.74 Å². The molecular formula is C34H39NO4.